The van der Waals surface area contributed by atoms with Gasteiger partial charge in [-0.25, -0.2) is 19.2 Å². The summed E-state index contributed by atoms with van der Waals surface area (Å²) in [7, 11) is -3.31. The number of anilines is 2. The van der Waals surface area contributed by atoms with Crippen molar-refractivity contribution in [2.75, 3.05) is 17.0 Å². The number of carbonyl (C=O) groups is 1. The van der Waals surface area contributed by atoms with Gasteiger partial charge in [0, 0.05) is 11.8 Å². The quantitative estimate of drug-likeness (QED) is 0.431. The molecule has 2 aromatic rings. The zero-order valence-corrected chi connectivity index (χ0v) is 12.9. The molecule has 0 spiro atoms. The maximum atomic E-state index is 12.1. The largest absolute Gasteiger partial charge is 0.318 e. The minimum atomic E-state index is -3.31. The fourth-order valence-corrected chi connectivity index (χ4v) is 2.37. The van der Waals surface area contributed by atoms with Crippen LogP contribution < -0.4 is 16.6 Å². The van der Waals surface area contributed by atoms with Gasteiger partial charge in [-0.05, 0) is 35.9 Å². The first-order valence-corrected chi connectivity index (χ1v) is 8.19. The minimum absolute atomic E-state index is 0.0246. The first-order chi connectivity index (χ1) is 10.3. The Morgan fingerprint density at radius 1 is 1.27 bits per heavy atom. The van der Waals surface area contributed by atoms with Gasteiger partial charge in [-0.3, -0.25) is 4.79 Å². The molecule has 0 aliphatic carbocycles. The molecule has 1 aromatic heterocycles. The minimum Gasteiger partial charge on any atom is -0.318 e. The van der Waals surface area contributed by atoms with Crippen molar-refractivity contribution >= 4 is 38.9 Å². The van der Waals surface area contributed by atoms with E-state index >= 15 is 0 Å². The summed E-state index contributed by atoms with van der Waals surface area (Å²) in [5.74, 6) is 4.97. The van der Waals surface area contributed by atoms with E-state index in [0.717, 1.165) is 6.26 Å². The molecule has 0 aliphatic heterocycles. The number of nitrogens with two attached hydrogens (primary N) is 1. The number of hydrazine groups is 1. The second-order valence-corrected chi connectivity index (χ2v) is 6.65. The van der Waals surface area contributed by atoms with E-state index in [1.807, 2.05) is 0 Å². The first kappa shape index (κ1) is 16.1. The fourth-order valence-electron chi connectivity index (χ4n) is 1.61. The van der Waals surface area contributed by atoms with Crippen molar-refractivity contribution < 1.29 is 13.2 Å². The molecule has 0 atom stereocenters. The number of aromatic nitrogens is 2. The van der Waals surface area contributed by atoms with E-state index in [-0.39, 0.29) is 27.2 Å². The molecule has 0 fully saturated rings. The fraction of sp³-hybridized carbons (Fsp3) is 0.0833. The number of hydrogen-bond acceptors (Lipinski definition) is 7. The Morgan fingerprint density at radius 3 is 2.45 bits per heavy atom. The number of hydrogen-bond donors (Lipinski definition) is 3. The number of nitrogens with one attached hydrogen (secondary N) is 2. The van der Waals surface area contributed by atoms with Gasteiger partial charge in [0.1, 0.15) is 5.69 Å². The van der Waals surface area contributed by atoms with Crippen molar-refractivity contribution in [2.24, 2.45) is 5.84 Å². The van der Waals surface area contributed by atoms with Crippen LogP contribution in [0, 0.1) is 0 Å². The number of amides is 1. The number of nitrogens with zero attached hydrogens (tertiary/aromatic N) is 2. The van der Waals surface area contributed by atoms with Crippen LogP contribution in [0.25, 0.3) is 0 Å². The third-order valence-corrected chi connectivity index (χ3v) is 4.00. The topological polar surface area (TPSA) is 127 Å². The molecule has 4 N–H and O–H groups in total. The summed E-state index contributed by atoms with van der Waals surface area (Å²) in [5.41, 5.74) is 2.80. The van der Waals surface area contributed by atoms with Crippen LogP contribution in [0.3, 0.4) is 0 Å². The Balaban J connectivity index is 2.23. The van der Waals surface area contributed by atoms with Gasteiger partial charge >= 0.3 is 0 Å². The summed E-state index contributed by atoms with van der Waals surface area (Å²) in [5, 5.41) is 2.52. The molecule has 8 nitrogen and oxygen atoms in total. The van der Waals surface area contributed by atoms with Crippen LogP contribution in [0.1, 0.15) is 10.4 Å². The van der Waals surface area contributed by atoms with Gasteiger partial charge in [-0.15, -0.1) is 0 Å². The maximum Gasteiger partial charge on any atom is 0.255 e. The Hall–Kier alpha value is -2.23. The Kier molecular flexibility index (Phi) is 4.59. The van der Waals surface area contributed by atoms with Crippen LogP contribution in [0.15, 0.2) is 35.4 Å². The monoisotopic (exact) mass is 341 g/mol. The van der Waals surface area contributed by atoms with Gasteiger partial charge < -0.3 is 10.7 Å². The SMILES string of the molecule is CS(=O)(=O)c1ccc(C(=O)Nc2cnc(Cl)nc2NN)cc1. The molecule has 1 aromatic carbocycles. The summed E-state index contributed by atoms with van der Waals surface area (Å²) in [6, 6.07) is 5.51. The molecular weight excluding hydrogens is 330 g/mol. The van der Waals surface area contributed by atoms with E-state index in [9.17, 15) is 13.2 Å². The lowest BCUT2D eigenvalue weighted by molar-refractivity contribution is 0.102. The number of nitrogen functional groups attached to an aromatic ring is 1. The van der Waals surface area contributed by atoms with E-state index < -0.39 is 15.7 Å². The summed E-state index contributed by atoms with van der Waals surface area (Å²) in [4.78, 5) is 19.8. The van der Waals surface area contributed by atoms with Gasteiger partial charge in [0.15, 0.2) is 15.7 Å². The molecule has 116 valence electrons. The van der Waals surface area contributed by atoms with E-state index in [0.29, 0.717) is 0 Å². The van der Waals surface area contributed by atoms with Crippen molar-refractivity contribution in [2.45, 2.75) is 4.90 Å². The van der Waals surface area contributed by atoms with Gasteiger partial charge in [-0.1, -0.05) is 0 Å². The summed E-state index contributed by atoms with van der Waals surface area (Å²) in [6.07, 6.45) is 2.39. The third kappa shape index (κ3) is 3.70. The zero-order valence-electron chi connectivity index (χ0n) is 11.4. The van der Waals surface area contributed by atoms with Gasteiger partial charge in [0.25, 0.3) is 5.91 Å². The third-order valence-electron chi connectivity index (χ3n) is 2.69. The number of halogens is 1. The zero-order chi connectivity index (χ0) is 16.3. The molecule has 0 bridgehead atoms. The number of carbonyl (C=O) groups excluding carboxylic acids is 1. The maximum absolute atomic E-state index is 12.1. The average molecular weight is 342 g/mol. The normalized spacial score (nSPS) is 11.0. The second kappa shape index (κ2) is 6.26. The summed E-state index contributed by atoms with van der Waals surface area (Å²) >= 11 is 5.62. The van der Waals surface area contributed by atoms with E-state index in [2.05, 4.69) is 20.7 Å². The molecule has 0 unspecified atom stereocenters. The lowest BCUT2D eigenvalue weighted by atomic mass is 10.2. The van der Waals surface area contributed by atoms with Gasteiger partial charge in [0.2, 0.25) is 5.28 Å². The molecule has 22 heavy (non-hydrogen) atoms. The van der Waals surface area contributed by atoms with Crippen molar-refractivity contribution in [1.29, 1.82) is 0 Å². The predicted molar refractivity (Wildman–Crippen MR) is 82.4 cm³/mol. The van der Waals surface area contributed by atoms with Crippen LogP contribution in [-0.2, 0) is 9.84 Å². The molecule has 1 heterocycles. The molecule has 2 rings (SSSR count). The lowest BCUT2D eigenvalue weighted by Crippen LogP contribution is -2.17. The number of sulfone groups is 1. The second-order valence-electron chi connectivity index (χ2n) is 4.30. The highest BCUT2D eigenvalue weighted by atomic mass is 35.5. The van der Waals surface area contributed by atoms with Crippen molar-refractivity contribution in [1.82, 2.24) is 9.97 Å². The Bertz CT molecular complexity index is 808. The van der Waals surface area contributed by atoms with E-state index in [1.165, 1.54) is 30.5 Å². The summed E-state index contributed by atoms with van der Waals surface area (Å²) < 4.78 is 22.7. The van der Waals surface area contributed by atoms with Crippen molar-refractivity contribution in [3.63, 3.8) is 0 Å². The van der Waals surface area contributed by atoms with Crippen LogP contribution in [0.5, 0.6) is 0 Å². The predicted octanol–water partition coefficient (Wildman–Crippen LogP) is 1.07. The molecule has 0 saturated heterocycles. The van der Waals surface area contributed by atoms with E-state index in [4.69, 9.17) is 17.4 Å². The first-order valence-electron chi connectivity index (χ1n) is 5.92. The van der Waals surface area contributed by atoms with Crippen molar-refractivity contribution in [3.8, 4) is 0 Å². The average Bonchev–Trinajstić information content (AvgIpc) is 2.48. The standard InChI is InChI=1S/C12H12ClN5O3S/c1-22(20,21)8-4-2-7(3-5-8)11(19)16-9-6-15-12(13)17-10(9)18-14/h2-6H,14H2,1H3,(H,16,19)(H,15,17,18). The number of rotatable bonds is 4. The van der Waals surface area contributed by atoms with Crippen molar-refractivity contribution in [3.05, 3.63) is 41.3 Å². The molecule has 1 amide bonds. The highest BCUT2D eigenvalue weighted by Crippen LogP contribution is 2.19. The molecule has 0 saturated carbocycles. The molecule has 10 heteroatoms. The molecule has 0 radical (unpaired) electrons. The highest BCUT2D eigenvalue weighted by Gasteiger charge is 2.13. The van der Waals surface area contributed by atoms with Gasteiger partial charge in [0.05, 0.1) is 11.1 Å². The molecule has 0 aliphatic rings. The lowest BCUT2D eigenvalue weighted by Gasteiger charge is -2.09. The van der Waals surface area contributed by atoms with Crippen LogP contribution >= 0.6 is 11.6 Å². The number of benzene rings is 1. The van der Waals surface area contributed by atoms with Crippen LogP contribution in [0.4, 0.5) is 11.5 Å². The summed E-state index contributed by atoms with van der Waals surface area (Å²) in [6.45, 7) is 0. The molecular formula is C12H12ClN5O3S. The Labute approximate surface area is 131 Å². The van der Waals surface area contributed by atoms with Crippen LogP contribution in [-0.4, -0.2) is 30.5 Å². The Morgan fingerprint density at radius 2 is 1.91 bits per heavy atom. The smallest absolute Gasteiger partial charge is 0.255 e. The highest BCUT2D eigenvalue weighted by molar-refractivity contribution is 7.90. The van der Waals surface area contributed by atoms with Crippen LogP contribution in [0.2, 0.25) is 5.28 Å². The van der Waals surface area contributed by atoms with Gasteiger partial charge in [-0.2, -0.15) is 4.98 Å². The van der Waals surface area contributed by atoms with E-state index in [1.54, 1.807) is 0 Å².